The second-order valence-electron chi connectivity index (χ2n) is 4.15. The molecule has 1 fully saturated rings. The molecule has 0 saturated heterocycles. The topological polar surface area (TPSA) is 43.1 Å². The Kier molecular flexibility index (Phi) is 2.06. The van der Waals surface area contributed by atoms with E-state index in [0.717, 1.165) is 12.8 Å². The van der Waals surface area contributed by atoms with Crippen LogP contribution >= 0.6 is 0 Å². The third-order valence-electron chi connectivity index (χ3n) is 3.41. The van der Waals surface area contributed by atoms with Crippen LogP contribution in [0.2, 0.25) is 0 Å². The average molecular weight is 189 g/mol. The van der Waals surface area contributed by atoms with Gasteiger partial charge in [0.2, 0.25) is 5.91 Å². The Hall–Kier alpha value is -1.31. The summed E-state index contributed by atoms with van der Waals surface area (Å²) >= 11 is 0. The van der Waals surface area contributed by atoms with Gasteiger partial charge in [0.15, 0.2) is 0 Å². The maximum atomic E-state index is 11.3. The summed E-state index contributed by atoms with van der Waals surface area (Å²) in [6.45, 7) is 2.09. The van der Waals surface area contributed by atoms with Crippen molar-refractivity contribution in [2.45, 2.75) is 25.7 Å². The van der Waals surface area contributed by atoms with Crippen molar-refractivity contribution in [1.82, 2.24) is 0 Å². The highest BCUT2D eigenvalue weighted by molar-refractivity contribution is 5.84. The minimum atomic E-state index is -0.249. The highest BCUT2D eigenvalue weighted by Gasteiger charge is 2.52. The third-order valence-corrected chi connectivity index (χ3v) is 3.41. The predicted octanol–water partition coefficient (Wildman–Crippen LogP) is 2.06. The van der Waals surface area contributed by atoms with E-state index >= 15 is 0 Å². The molecule has 0 aliphatic heterocycles. The van der Waals surface area contributed by atoms with Crippen molar-refractivity contribution in [3.05, 3.63) is 35.9 Å². The van der Waals surface area contributed by atoms with Gasteiger partial charge in [-0.15, -0.1) is 0 Å². The Morgan fingerprint density at radius 1 is 1.36 bits per heavy atom. The molecule has 1 aromatic rings. The van der Waals surface area contributed by atoms with Crippen molar-refractivity contribution in [3.63, 3.8) is 0 Å². The summed E-state index contributed by atoms with van der Waals surface area (Å²) in [5.74, 6) is 0.107. The Bertz CT molecular complexity index is 341. The molecule has 0 unspecified atom stereocenters. The molecule has 74 valence electrons. The van der Waals surface area contributed by atoms with Gasteiger partial charge in [0.25, 0.3) is 0 Å². The van der Waals surface area contributed by atoms with Gasteiger partial charge in [0, 0.05) is 0 Å². The lowest BCUT2D eigenvalue weighted by atomic mass is 9.84. The summed E-state index contributed by atoms with van der Waals surface area (Å²) in [5.41, 5.74) is 6.40. The minimum Gasteiger partial charge on any atom is -0.369 e. The molecule has 2 heteroatoms. The lowest BCUT2D eigenvalue weighted by molar-refractivity contribution is -0.123. The second-order valence-corrected chi connectivity index (χ2v) is 4.15. The lowest BCUT2D eigenvalue weighted by Gasteiger charge is -2.20. The van der Waals surface area contributed by atoms with Gasteiger partial charge < -0.3 is 5.73 Å². The highest BCUT2D eigenvalue weighted by atomic mass is 16.1. The van der Waals surface area contributed by atoms with Gasteiger partial charge in [-0.05, 0) is 24.3 Å². The van der Waals surface area contributed by atoms with Gasteiger partial charge in [-0.1, -0.05) is 37.3 Å². The first-order valence-electron chi connectivity index (χ1n) is 5.02. The zero-order valence-electron chi connectivity index (χ0n) is 8.36. The van der Waals surface area contributed by atoms with Crippen molar-refractivity contribution in [3.8, 4) is 0 Å². The van der Waals surface area contributed by atoms with Crippen LogP contribution in [-0.4, -0.2) is 5.91 Å². The monoisotopic (exact) mass is 189 g/mol. The lowest BCUT2D eigenvalue weighted by Crippen LogP contribution is -2.29. The van der Waals surface area contributed by atoms with Crippen molar-refractivity contribution < 1.29 is 4.79 Å². The maximum Gasteiger partial charge on any atom is 0.224 e. The number of nitrogens with two attached hydrogens (primary N) is 1. The van der Waals surface area contributed by atoms with E-state index in [1.807, 2.05) is 18.2 Å². The van der Waals surface area contributed by atoms with Crippen LogP contribution in [0.25, 0.3) is 0 Å². The van der Waals surface area contributed by atoms with E-state index in [2.05, 4.69) is 19.1 Å². The molecule has 0 heterocycles. The van der Waals surface area contributed by atoms with Crippen LogP contribution in [0.3, 0.4) is 0 Å². The normalized spacial score (nSPS) is 20.1. The van der Waals surface area contributed by atoms with Crippen molar-refractivity contribution in [1.29, 1.82) is 0 Å². The molecule has 2 rings (SSSR count). The summed E-state index contributed by atoms with van der Waals surface area (Å²) in [6.07, 6.45) is 1.89. The van der Waals surface area contributed by atoms with E-state index in [4.69, 9.17) is 5.73 Å². The van der Waals surface area contributed by atoms with Crippen LogP contribution in [0.4, 0.5) is 0 Å². The van der Waals surface area contributed by atoms with Crippen LogP contribution < -0.4 is 5.73 Å². The molecular weight excluding hydrogens is 174 g/mol. The van der Waals surface area contributed by atoms with Gasteiger partial charge in [-0.25, -0.2) is 0 Å². The number of hydrogen-bond acceptors (Lipinski definition) is 1. The molecule has 2 nitrogen and oxygen atoms in total. The van der Waals surface area contributed by atoms with Gasteiger partial charge in [-0.3, -0.25) is 4.79 Å². The predicted molar refractivity (Wildman–Crippen MR) is 55.7 cm³/mol. The Labute approximate surface area is 84.1 Å². The maximum absolute atomic E-state index is 11.3. The number of hydrogen-bond donors (Lipinski definition) is 1. The van der Waals surface area contributed by atoms with Crippen LogP contribution in [-0.2, 0) is 4.79 Å². The molecule has 1 saturated carbocycles. The number of primary amides is 1. The molecule has 2 N–H and O–H groups in total. The third kappa shape index (κ3) is 1.31. The van der Waals surface area contributed by atoms with Gasteiger partial charge in [0.1, 0.15) is 0 Å². The standard InChI is InChI=1S/C12H15NO/c1-9(10-5-3-2-4-6-10)12(7-8-12)11(13)14/h2-6,9H,7-8H2,1H3,(H2,13,14)/t9-/m0/s1. The van der Waals surface area contributed by atoms with Crippen LogP contribution in [0.5, 0.6) is 0 Å². The summed E-state index contributed by atoms with van der Waals surface area (Å²) in [5, 5.41) is 0. The fourth-order valence-electron chi connectivity index (χ4n) is 2.09. The first-order valence-corrected chi connectivity index (χ1v) is 5.02. The Morgan fingerprint density at radius 2 is 1.93 bits per heavy atom. The molecule has 0 spiro atoms. The van der Waals surface area contributed by atoms with Crippen molar-refractivity contribution >= 4 is 5.91 Å². The summed E-state index contributed by atoms with van der Waals surface area (Å²) in [4.78, 5) is 11.3. The second kappa shape index (κ2) is 3.12. The molecule has 1 aliphatic rings. The SMILES string of the molecule is C[C@@H](c1ccccc1)C1(C(N)=O)CC1. The first kappa shape index (κ1) is 9.25. The number of carbonyl (C=O) groups excluding carboxylic acids is 1. The zero-order valence-corrected chi connectivity index (χ0v) is 8.36. The molecule has 1 aromatic carbocycles. The number of benzene rings is 1. The molecule has 14 heavy (non-hydrogen) atoms. The number of carbonyl (C=O) groups is 1. The Morgan fingerprint density at radius 3 is 2.36 bits per heavy atom. The molecule has 1 amide bonds. The van der Waals surface area contributed by atoms with E-state index in [9.17, 15) is 4.79 Å². The summed E-state index contributed by atoms with van der Waals surface area (Å²) < 4.78 is 0. The zero-order chi connectivity index (χ0) is 10.2. The fraction of sp³-hybridized carbons (Fsp3) is 0.417. The van der Waals surface area contributed by atoms with Gasteiger partial charge >= 0.3 is 0 Å². The van der Waals surface area contributed by atoms with E-state index in [1.54, 1.807) is 0 Å². The van der Waals surface area contributed by atoms with Crippen LogP contribution in [0.15, 0.2) is 30.3 Å². The Balaban J connectivity index is 2.25. The quantitative estimate of drug-likeness (QED) is 0.777. The minimum absolute atomic E-state index is 0.145. The van der Waals surface area contributed by atoms with Crippen molar-refractivity contribution in [2.24, 2.45) is 11.1 Å². The van der Waals surface area contributed by atoms with E-state index in [0.29, 0.717) is 0 Å². The van der Waals surface area contributed by atoms with Crippen molar-refractivity contribution in [2.75, 3.05) is 0 Å². The first-order chi connectivity index (χ1) is 6.67. The fourth-order valence-corrected chi connectivity index (χ4v) is 2.09. The average Bonchev–Trinajstić information content (AvgIpc) is 2.99. The largest absolute Gasteiger partial charge is 0.369 e. The van der Waals surface area contributed by atoms with Gasteiger partial charge in [-0.2, -0.15) is 0 Å². The molecular formula is C12H15NO. The highest BCUT2D eigenvalue weighted by Crippen LogP contribution is 2.55. The number of rotatable bonds is 3. The van der Waals surface area contributed by atoms with E-state index in [-0.39, 0.29) is 17.2 Å². The molecule has 0 aromatic heterocycles. The molecule has 0 radical (unpaired) electrons. The van der Waals surface area contributed by atoms with E-state index < -0.39 is 0 Å². The van der Waals surface area contributed by atoms with Gasteiger partial charge in [0.05, 0.1) is 5.41 Å². The molecule has 0 bridgehead atoms. The van der Waals surface area contributed by atoms with Crippen LogP contribution in [0.1, 0.15) is 31.2 Å². The smallest absolute Gasteiger partial charge is 0.224 e. The molecule has 1 atom stereocenters. The van der Waals surface area contributed by atoms with Crippen LogP contribution in [0, 0.1) is 5.41 Å². The van der Waals surface area contributed by atoms with E-state index in [1.165, 1.54) is 5.56 Å². The summed E-state index contributed by atoms with van der Waals surface area (Å²) in [6, 6.07) is 10.1. The summed E-state index contributed by atoms with van der Waals surface area (Å²) in [7, 11) is 0. The number of amides is 1. The molecule has 1 aliphatic carbocycles.